The molecular formula is C19H19N3O3S2. The normalized spacial score (nSPS) is 10.9. The number of carbonyl (C=O) groups is 1. The van der Waals surface area contributed by atoms with E-state index in [2.05, 4.69) is 15.5 Å². The van der Waals surface area contributed by atoms with Crippen molar-refractivity contribution in [3.8, 4) is 22.1 Å². The number of carbonyl (C=O) groups excluding carboxylic acids is 1. The third kappa shape index (κ3) is 5.15. The van der Waals surface area contributed by atoms with Crippen LogP contribution in [0.3, 0.4) is 0 Å². The summed E-state index contributed by atoms with van der Waals surface area (Å²) in [6, 6.07) is 7.51. The van der Waals surface area contributed by atoms with Crippen molar-refractivity contribution in [2.24, 2.45) is 0 Å². The summed E-state index contributed by atoms with van der Waals surface area (Å²) in [6.07, 6.45) is 4.08. The molecule has 2 heterocycles. The van der Waals surface area contributed by atoms with Gasteiger partial charge in [0.15, 0.2) is 11.5 Å². The number of aromatic nitrogens is 2. The molecule has 0 saturated carbocycles. The predicted molar refractivity (Wildman–Crippen MR) is 110 cm³/mol. The molecule has 0 spiro atoms. The number of anilines is 1. The number of amides is 1. The number of hydrogen-bond donors (Lipinski definition) is 1. The molecule has 0 fully saturated rings. The molecule has 1 aromatic carbocycles. The van der Waals surface area contributed by atoms with Crippen LogP contribution in [0, 0.1) is 0 Å². The smallest absolute Gasteiger partial charge is 0.250 e. The third-order valence-electron chi connectivity index (χ3n) is 3.50. The summed E-state index contributed by atoms with van der Waals surface area (Å²) >= 11 is 2.93. The summed E-state index contributed by atoms with van der Waals surface area (Å²) in [5.41, 5.74) is 1.84. The minimum absolute atomic E-state index is 0.270. The molecule has 3 rings (SSSR count). The maximum Gasteiger partial charge on any atom is 0.250 e. The van der Waals surface area contributed by atoms with Gasteiger partial charge in [-0.25, -0.2) is 0 Å². The first-order valence-corrected chi connectivity index (χ1v) is 10.1. The van der Waals surface area contributed by atoms with Crippen LogP contribution in [0.5, 0.6) is 11.5 Å². The van der Waals surface area contributed by atoms with E-state index in [1.807, 2.05) is 41.9 Å². The topological polar surface area (TPSA) is 73.3 Å². The fraction of sp³-hybridized carbons (Fsp3) is 0.211. The highest BCUT2D eigenvalue weighted by atomic mass is 32.1. The van der Waals surface area contributed by atoms with Crippen LogP contribution in [0.25, 0.3) is 16.6 Å². The van der Waals surface area contributed by atoms with Crippen LogP contribution in [-0.2, 0) is 4.79 Å². The van der Waals surface area contributed by atoms with Gasteiger partial charge in [0.1, 0.15) is 5.01 Å². The summed E-state index contributed by atoms with van der Waals surface area (Å²) in [7, 11) is 1.59. The predicted octanol–water partition coefficient (Wildman–Crippen LogP) is 4.72. The van der Waals surface area contributed by atoms with E-state index in [0.717, 1.165) is 22.6 Å². The molecule has 27 heavy (non-hydrogen) atoms. The average molecular weight is 402 g/mol. The zero-order valence-electron chi connectivity index (χ0n) is 15.0. The fourth-order valence-corrected chi connectivity index (χ4v) is 3.67. The molecule has 0 radical (unpaired) electrons. The van der Waals surface area contributed by atoms with Gasteiger partial charge >= 0.3 is 0 Å². The first-order chi connectivity index (χ1) is 13.2. The monoisotopic (exact) mass is 401 g/mol. The third-order valence-corrected chi connectivity index (χ3v) is 5.07. The zero-order valence-corrected chi connectivity index (χ0v) is 16.6. The lowest BCUT2D eigenvalue weighted by Crippen LogP contribution is -2.07. The van der Waals surface area contributed by atoms with Crippen molar-refractivity contribution in [2.45, 2.75) is 13.3 Å². The van der Waals surface area contributed by atoms with Crippen LogP contribution >= 0.6 is 22.7 Å². The Hall–Kier alpha value is -2.71. The minimum atomic E-state index is -0.270. The van der Waals surface area contributed by atoms with Gasteiger partial charge in [0, 0.05) is 17.0 Å². The Labute approximate surface area is 165 Å². The molecule has 1 amide bonds. The quantitative estimate of drug-likeness (QED) is 0.553. The Bertz CT molecular complexity index is 920. The van der Waals surface area contributed by atoms with E-state index < -0.39 is 0 Å². The number of nitrogens with zero attached hydrogens (tertiary/aromatic N) is 2. The number of methoxy groups -OCH3 is 1. The van der Waals surface area contributed by atoms with Crippen LogP contribution in [0.15, 0.2) is 41.1 Å². The molecule has 6 nitrogen and oxygen atoms in total. The van der Waals surface area contributed by atoms with Crippen molar-refractivity contribution >= 4 is 39.8 Å². The van der Waals surface area contributed by atoms with E-state index >= 15 is 0 Å². The van der Waals surface area contributed by atoms with Crippen molar-refractivity contribution < 1.29 is 14.3 Å². The summed E-state index contributed by atoms with van der Waals surface area (Å²) < 4.78 is 11.0. The first-order valence-electron chi connectivity index (χ1n) is 8.35. The van der Waals surface area contributed by atoms with E-state index in [-0.39, 0.29) is 5.91 Å². The summed E-state index contributed by atoms with van der Waals surface area (Å²) in [5, 5.41) is 16.0. The molecule has 0 bridgehead atoms. The maximum atomic E-state index is 12.1. The highest BCUT2D eigenvalue weighted by Gasteiger charge is 2.09. The lowest BCUT2D eigenvalue weighted by molar-refractivity contribution is -0.111. The standard InChI is InChI=1S/C19H19N3O3S2/c1-3-9-25-15-6-4-13(11-16(15)24-2)5-7-17(23)20-19-22-21-18(27-19)14-8-10-26-12-14/h4-8,10-12H,3,9H2,1-2H3,(H,20,22,23)/b7-5+. The molecule has 0 atom stereocenters. The second-order valence-electron chi connectivity index (χ2n) is 5.51. The molecule has 2 aromatic heterocycles. The van der Waals surface area contributed by atoms with Crippen molar-refractivity contribution in [3.63, 3.8) is 0 Å². The second-order valence-corrected chi connectivity index (χ2v) is 7.26. The maximum absolute atomic E-state index is 12.1. The van der Waals surface area contributed by atoms with E-state index in [9.17, 15) is 4.79 Å². The van der Waals surface area contributed by atoms with Gasteiger partial charge in [0.2, 0.25) is 11.0 Å². The summed E-state index contributed by atoms with van der Waals surface area (Å²) in [4.78, 5) is 12.1. The van der Waals surface area contributed by atoms with Gasteiger partial charge in [-0.05, 0) is 41.6 Å². The summed E-state index contributed by atoms with van der Waals surface area (Å²) in [5.74, 6) is 1.06. The number of thiophene rings is 1. The van der Waals surface area contributed by atoms with Gasteiger partial charge < -0.3 is 9.47 Å². The van der Waals surface area contributed by atoms with Crippen LogP contribution in [0.2, 0.25) is 0 Å². The van der Waals surface area contributed by atoms with Gasteiger partial charge in [0.05, 0.1) is 13.7 Å². The number of ether oxygens (including phenoxy) is 2. The molecule has 0 saturated heterocycles. The zero-order chi connectivity index (χ0) is 19.1. The minimum Gasteiger partial charge on any atom is -0.493 e. The fourth-order valence-electron chi connectivity index (χ4n) is 2.21. The highest BCUT2D eigenvalue weighted by Crippen LogP contribution is 2.29. The van der Waals surface area contributed by atoms with Gasteiger partial charge in [0.25, 0.3) is 0 Å². The number of benzene rings is 1. The Morgan fingerprint density at radius 1 is 1.26 bits per heavy atom. The van der Waals surface area contributed by atoms with E-state index in [1.54, 1.807) is 24.5 Å². The number of nitrogens with one attached hydrogen (secondary N) is 1. The van der Waals surface area contributed by atoms with E-state index in [4.69, 9.17) is 9.47 Å². The lowest BCUT2D eigenvalue weighted by atomic mass is 10.2. The first kappa shape index (κ1) is 19.1. The average Bonchev–Trinajstić information content (AvgIpc) is 3.36. The lowest BCUT2D eigenvalue weighted by Gasteiger charge is -2.10. The molecule has 0 aliphatic carbocycles. The van der Waals surface area contributed by atoms with Gasteiger partial charge in [-0.15, -0.1) is 10.2 Å². The molecule has 140 valence electrons. The van der Waals surface area contributed by atoms with Gasteiger partial charge in [-0.2, -0.15) is 11.3 Å². The molecule has 0 unspecified atom stereocenters. The van der Waals surface area contributed by atoms with Gasteiger partial charge in [-0.1, -0.05) is 24.3 Å². The van der Waals surface area contributed by atoms with E-state index in [1.165, 1.54) is 17.4 Å². The van der Waals surface area contributed by atoms with Crippen molar-refractivity contribution in [2.75, 3.05) is 19.0 Å². The number of rotatable bonds is 8. The Morgan fingerprint density at radius 3 is 2.89 bits per heavy atom. The molecule has 0 aliphatic heterocycles. The molecule has 1 N–H and O–H groups in total. The van der Waals surface area contributed by atoms with E-state index in [0.29, 0.717) is 23.2 Å². The molecule has 8 heteroatoms. The molecular weight excluding hydrogens is 382 g/mol. The van der Waals surface area contributed by atoms with Crippen molar-refractivity contribution in [3.05, 3.63) is 46.7 Å². The largest absolute Gasteiger partial charge is 0.493 e. The highest BCUT2D eigenvalue weighted by molar-refractivity contribution is 7.19. The van der Waals surface area contributed by atoms with Crippen LogP contribution in [-0.4, -0.2) is 29.8 Å². The Kier molecular flexibility index (Phi) is 6.56. The number of hydrogen-bond acceptors (Lipinski definition) is 7. The van der Waals surface area contributed by atoms with Crippen molar-refractivity contribution in [1.29, 1.82) is 0 Å². The SMILES string of the molecule is CCCOc1ccc(/C=C/C(=O)Nc2nnc(-c3ccsc3)s2)cc1OC. The summed E-state index contributed by atoms with van der Waals surface area (Å²) in [6.45, 7) is 2.67. The van der Waals surface area contributed by atoms with Gasteiger partial charge in [-0.3, -0.25) is 10.1 Å². The molecule has 0 aliphatic rings. The Morgan fingerprint density at radius 2 is 2.15 bits per heavy atom. The van der Waals surface area contributed by atoms with Crippen LogP contribution in [0.1, 0.15) is 18.9 Å². The molecule has 3 aromatic rings. The second kappa shape index (κ2) is 9.29. The van der Waals surface area contributed by atoms with Crippen LogP contribution < -0.4 is 14.8 Å². The Balaban J connectivity index is 1.63. The van der Waals surface area contributed by atoms with Crippen LogP contribution in [0.4, 0.5) is 5.13 Å². The van der Waals surface area contributed by atoms with Crippen molar-refractivity contribution in [1.82, 2.24) is 10.2 Å².